The van der Waals surface area contributed by atoms with Crippen molar-refractivity contribution in [2.24, 2.45) is 0 Å². The Morgan fingerprint density at radius 2 is 1.89 bits per heavy atom. The number of nitrogens with one attached hydrogen (secondary N) is 1. The van der Waals surface area contributed by atoms with Gasteiger partial charge in [0, 0.05) is 25.8 Å². The summed E-state index contributed by atoms with van der Waals surface area (Å²) in [7, 11) is 0. The molecule has 0 aromatic heterocycles. The molecule has 3 aromatic carbocycles. The summed E-state index contributed by atoms with van der Waals surface area (Å²) in [5.74, 6) is -0.459. The second kappa shape index (κ2) is 11.5. The third-order valence-corrected chi connectivity index (χ3v) is 7.56. The highest BCUT2D eigenvalue weighted by molar-refractivity contribution is 9.10. The molecular weight excluding hydrogens is 587 g/mol. The highest BCUT2D eigenvalue weighted by Gasteiger charge is 2.35. The van der Waals surface area contributed by atoms with Crippen molar-refractivity contribution in [2.45, 2.75) is 13.5 Å². The van der Waals surface area contributed by atoms with Gasteiger partial charge in [-0.05, 0) is 72.3 Å². The largest absolute Gasteiger partial charge is 0.483 e. The van der Waals surface area contributed by atoms with Gasteiger partial charge < -0.3 is 10.1 Å². The lowest BCUT2D eigenvalue weighted by molar-refractivity contribution is -0.123. The van der Waals surface area contributed by atoms with E-state index in [-0.39, 0.29) is 29.2 Å². The molecule has 184 valence electrons. The second-order valence-electron chi connectivity index (χ2n) is 7.84. The zero-order valence-corrected chi connectivity index (χ0v) is 22.8. The number of imide groups is 1. The maximum Gasteiger partial charge on any atom is 0.293 e. The van der Waals surface area contributed by atoms with E-state index >= 15 is 0 Å². The molecule has 1 N–H and O–H groups in total. The van der Waals surface area contributed by atoms with Crippen LogP contribution in [0.3, 0.4) is 0 Å². The summed E-state index contributed by atoms with van der Waals surface area (Å²) >= 11 is 16.6. The predicted octanol–water partition coefficient (Wildman–Crippen LogP) is 7.32. The fraction of sp³-hybridized carbons (Fsp3) is 0.115. The van der Waals surface area contributed by atoms with Crippen LogP contribution in [0.25, 0.3) is 6.08 Å². The molecule has 1 aliphatic rings. The van der Waals surface area contributed by atoms with Gasteiger partial charge in [-0.3, -0.25) is 19.3 Å². The molecule has 0 atom stereocenters. The number of ether oxygens (including phenoxy) is 1. The number of hydrogen-bond acceptors (Lipinski definition) is 5. The lowest BCUT2D eigenvalue weighted by Crippen LogP contribution is -2.27. The summed E-state index contributed by atoms with van der Waals surface area (Å²) in [6, 6.07) is 17.4. The van der Waals surface area contributed by atoms with Crippen LogP contribution < -0.4 is 10.1 Å². The lowest BCUT2D eigenvalue weighted by atomic mass is 10.1. The van der Waals surface area contributed by atoms with E-state index in [2.05, 4.69) is 21.2 Å². The molecule has 6 nitrogen and oxygen atoms in total. The summed E-state index contributed by atoms with van der Waals surface area (Å²) < 4.78 is 6.53. The van der Waals surface area contributed by atoms with Crippen LogP contribution in [-0.4, -0.2) is 28.6 Å². The van der Waals surface area contributed by atoms with Crippen molar-refractivity contribution < 1.29 is 19.1 Å². The third-order valence-electron chi connectivity index (χ3n) is 5.23. The number of aryl methyl sites for hydroxylation is 1. The number of nitrogens with zero attached hydrogens (tertiary/aromatic N) is 1. The van der Waals surface area contributed by atoms with Crippen LogP contribution in [-0.2, 0) is 16.1 Å². The van der Waals surface area contributed by atoms with Gasteiger partial charge in [-0.1, -0.05) is 63.4 Å². The van der Waals surface area contributed by atoms with E-state index in [1.54, 1.807) is 42.5 Å². The van der Waals surface area contributed by atoms with Gasteiger partial charge in [-0.25, -0.2) is 0 Å². The number of halogens is 3. The summed E-state index contributed by atoms with van der Waals surface area (Å²) in [6.07, 6.45) is 1.55. The highest BCUT2D eigenvalue weighted by atomic mass is 79.9. The van der Waals surface area contributed by atoms with E-state index in [1.807, 2.05) is 31.2 Å². The monoisotopic (exact) mass is 604 g/mol. The number of rotatable bonds is 7. The minimum atomic E-state index is -0.416. The molecule has 3 aromatic rings. The van der Waals surface area contributed by atoms with Crippen LogP contribution >= 0.6 is 50.9 Å². The molecule has 3 amide bonds. The molecule has 10 heteroatoms. The number of amides is 3. The molecule has 36 heavy (non-hydrogen) atoms. The summed E-state index contributed by atoms with van der Waals surface area (Å²) in [4.78, 5) is 39.4. The van der Waals surface area contributed by atoms with E-state index in [9.17, 15) is 14.4 Å². The van der Waals surface area contributed by atoms with Gasteiger partial charge in [-0.2, -0.15) is 0 Å². The summed E-state index contributed by atoms with van der Waals surface area (Å²) in [5, 5.41) is 3.31. The quantitative estimate of drug-likeness (QED) is 0.286. The normalized spacial score (nSPS) is 14.4. The van der Waals surface area contributed by atoms with E-state index in [0.29, 0.717) is 27.0 Å². The zero-order chi connectivity index (χ0) is 25.8. The fourth-order valence-electron chi connectivity index (χ4n) is 3.35. The Balaban J connectivity index is 1.48. The Kier molecular flexibility index (Phi) is 8.41. The number of anilines is 1. The van der Waals surface area contributed by atoms with Gasteiger partial charge in [0.1, 0.15) is 5.75 Å². The smallest absolute Gasteiger partial charge is 0.293 e. The molecule has 0 spiro atoms. The topological polar surface area (TPSA) is 75.7 Å². The molecule has 0 radical (unpaired) electrons. The standard InChI is InChI=1S/C26H19BrCl2N2O4S/c1-15-6-8-19(12-21(15)29)30-24(32)14-35-22-9-7-18(28)10-17(22)11-23-25(33)31(26(34)36-23)13-16-4-2-3-5-20(16)27/h2-12H,13-14H2,1H3,(H,30,32)/b23-11-. The average molecular weight is 606 g/mol. The number of carbonyl (C=O) groups is 3. The van der Waals surface area contributed by atoms with Crippen LogP contribution in [0.1, 0.15) is 16.7 Å². The molecule has 0 aliphatic carbocycles. The van der Waals surface area contributed by atoms with Crippen LogP contribution in [0.5, 0.6) is 5.75 Å². The van der Waals surface area contributed by atoms with Crippen LogP contribution in [0.2, 0.25) is 10.0 Å². The van der Waals surface area contributed by atoms with Gasteiger partial charge in [0.15, 0.2) is 6.61 Å². The maximum atomic E-state index is 13.0. The highest BCUT2D eigenvalue weighted by Crippen LogP contribution is 2.36. The molecule has 0 bridgehead atoms. The number of benzene rings is 3. The first kappa shape index (κ1) is 26.3. The minimum Gasteiger partial charge on any atom is -0.483 e. The molecule has 1 aliphatic heterocycles. The SMILES string of the molecule is Cc1ccc(NC(=O)COc2ccc(Cl)cc2/C=C2\SC(=O)N(Cc3ccccc3Br)C2=O)cc1Cl. The van der Waals surface area contributed by atoms with Crippen molar-refractivity contribution in [3.05, 3.63) is 96.8 Å². The predicted molar refractivity (Wildman–Crippen MR) is 147 cm³/mol. The first-order chi connectivity index (χ1) is 17.2. The third kappa shape index (κ3) is 6.31. The first-order valence-corrected chi connectivity index (χ1v) is 13.0. The van der Waals surface area contributed by atoms with Gasteiger partial charge in [0.05, 0.1) is 11.4 Å². The molecule has 4 rings (SSSR count). The lowest BCUT2D eigenvalue weighted by Gasteiger charge is -2.13. The van der Waals surface area contributed by atoms with E-state index in [4.69, 9.17) is 27.9 Å². The Morgan fingerprint density at radius 3 is 2.64 bits per heavy atom. The van der Waals surface area contributed by atoms with Crippen molar-refractivity contribution in [1.82, 2.24) is 4.90 Å². The molecule has 1 saturated heterocycles. The van der Waals surface area contributed by atoms with Crippen molar-refractivity contribution >= 4 is 79.7 Å². The molecule has 1 fully saturated rings. The Bertz CT molecular complexity index is 1400. The van der Waals surface area contributed by atoms with Crippen molar-refractivity contribution in [1.29, 1.82) is 0 Å². The summed E-state index contributed by atoms with van der Waals surface area (Å²) in [5.41, 5.74) is 2.74. The van der Waals surface area contributed by atoms with Crippen molar-refractivity contribution in [2.75, 3.05) is 11.9 Å². The Hall–Kier alpha value is -2.78. The van der Waals surface area contributed by atoms with Crippen molar-refractivity contribution in [3.8, 4) is 5.75 Å². The average Bonchev–Trinajstić information content (AvgIpc) is 3.09. The van der Waals surface area contributed by atoms with Gasteiger partial charge >= 0.3 is 0 Å². The first-order valence-electron chi connectivity index (χ1n) is 10.7. The molecule has 0 saturated carbocycles. The Morgan fingerprint density at radius 1 is 1.11 bits per heavy atom. The van der Waals surface area contributed by atoms with E-state index in [1.165, 1.54) is 4.90 Å². The van der Waals surface area contributed by atoms with Gasteiger partial charge in [-0.15, -0.1) is 0 Å². The maximum absolute atomic E-state index is 13.0. The number of carbonyl (C=O) groups excluding carboxylic acids is 3. The minimum absolute atomic E-state index is 0.144. The van der Waals surface area contributed by atoms with Crippen molar-refractivity contribution in [3.63, 3.8) is 0 Å². The summed E-state index contributed by atoms with van der Waals surface area (Å²) in [6.45, 7) is 1.73. The second-order valence-corrected chi connectivity index (χ2v) is 10.5. The van der Waals surface area contributed by atoms with Crippen LogP contribution in [0.15, 0.2) is 70.0 Å². The van der Waals surface area contributed by atoms with E-state index in [0.717, 1.165) is 27.4 Å². The van der Waals surface area contributed by atoms with Crippen LogP contribution in [0.4, 0.5) is 10.5 Å². The van der Waals surface area contributed by atoms with Gasteiger partial charge in [0.25, 0.3) is 17.1 Å². The molecule has 1 heterocycles. The zero-order valence-electron chi connectivity index (χ0n) is 18.9. The number of hydrogen-bond donors (Lipinski definition) is 1. The molecular formula is C26H19BrCl2N2O4S. The van der Waals surface area contributed by atoms with Crippen LogP contribution in [0, 0.1) is 6.92 Å². The van der Waals surface area contributed by atoms with E-state index < -0.39 is 5.91 Å². The fourth-order valence-corrected chi connectivity index (χ4v) is 4.95. The number of thioether (sulfide) groups is 1. The Labute approximate surface area is 230 Å². The van der Waals surface area contributed by atoms with Gasteiger partial charge in [0.2, 0.25) is 0 Å². The molecule has 0 unspecified atom stereocenters.